The van der Waals surface area contributed by atoms with E-state index in [1.54, 1.807) is 0 Å². The fourth-order valence-corrected chi connectivity index (χ4v) is 2.08. The van der Waals surface area contributed by atoms with Crippen LogP contribution in [0, 0.1) is 0 Å². The van der Waals surface area contributed by atoms with Gasteiger partial charge in [-0.2, -0.15) is 0 Å². The lowest BCUT2D eigenvalue weighted by atomic mass is 10.0. The highest BCUT2D eigenvalue weighted by atomic mass is 28.1. The lowest BCUT2D eigenvalue weighted by Crippen LogP contribution is -2.09. The Balaban J connectivity index is 3.53. The maximum atomic E-state index is 3.82. The number of rotatable bonds is 3. The van der Waals surface area contributed by atoms with Gasteiger partial charge in [-0.15, -0.1) is 0 Å². The maximum Gasteiger partial charge on any atom is 0.0393 e. The van der Waals surface area contributed by atoms with Crippen LogP contribution < -0.4 is 5.19 Å². The van der Waals surface area contributed by atoms with Crippen molar-refractivity contribution in [3.8, 4) is 0 Å². The Bertz CT molecular complexity index is 362. The van der Waals surface area contributed by atoms with Crippen LogP contribution in [-0.2, 0) is 0 Å². The van der Waals surface area contributed by atoms with E-state index in [0.29, 0.717) is 0 Å². The van der Waals surface area contributed by atoms with Gasteiger partial charge in [0.05, 0.1) is 0 Å². The van der Waals surface area contributed by atoms with Crippen LogP contribution in [0.15, 0.2) is 31.9 Å². The van der Waals surface area contributed by atoms with E-state index in [-0.39, 0.29) is 0 Å². The van der Waals surface area contributed by atoms with Crippen molar-refractivity contribution in [1.29, 1.82) is 0 Å². The van der Waals surface area contributed by atoms with Gasteiger partial charge in [0.2, 0.25) is 0 Å². The molecule has 0 spiro atoms. The first kappa shape index (κ1) is 9.74. The highest BCUT2D eigenvalue weighted by molar-refractivity contribution is 6.34. The molecule has 0 fully saturated rings. The molecule has 66 valence electrons. The minimum Gasteiger partial charge on any atom is -0.0985 e. The summed E-state index contributed by atoms with van der Waals surface area (Å²) >= 11 is 0. The topological polar surface area (TPSA) is 0 Å². The first-order chi connectivity index (χ1) is 6.24. The predicted molar refractivity (Wildman–Crippen MR) is 66.3 cm³/mol. The average molecular weight is 186 g/mol. The molecule has 1 aromatic carbocycles. The van der Waals surface area contributed by atoms with Crippen LogP contribution in [0.2, 0.25) is 0 Å². The van der Waals surface area contributed by atoms with Gasteiger partial charge in [-0.05, 0) is 16.7 Å². The van der Waals surface area contributed by atoms with Gasteiger partial charge in [-0.25, -0.2) is 0 Å². The smallest absolute Gasteiger partial charge is 0.0393 e. The van der Waals surface area contributed by atoms with Crippen LogP contribution in [0.4, 0.5) is 0 Å². The molecule has 0 nitrogen and oxygen atoms in total. The number of hydrogen-bond donors (Lipinski definition) is 0. The normalized spacial score (nSPS) is 9.54. The Labute approximate surface area is 82.7 Å². The minimum absolute atomic E-state index is 1.04. The molecule has 0 bridgehead atoms. The van der Waals surface area contributed by atoms with E-state index in [0.717, 1.165) is 21.4 Å². The van der Waals surface area contributed by atoms with Gasteiger partial charge in [0.15, 0.2) is 0 Å². The zero-order chi connectivity index (χ0) is 9.84. The Morgan fingerprint density at radius 1 is 0.923 bits per heavy atom. The van der Waals surface area contributed by atoms with Gasteiger partial charge in [-0.3, -0.25) is 0 Å². The fraction of sp³-hybridized carbons (Fsp3) is 0. The van der Waals surface area contributed by atoms with E-state index >= 15 is 0 Å². The highest BCUT2D eigenvalue weighted by Crippen LogP contribution is 2.16. The Kier molecular flexibility index (Phi) is 3.04. The summed E-state index contributed by atoms with van der Waals surface area (Å²) in [5.41, 5.74) is 3.49. The quantitative estimate of drug-likeness (QED) is 0.629. The minimum atomic E-state index is 1.04. The maximum absolute atomic E-state index is 3.82. The third-order valence-corrected chi connectivity index (χ3v) is 3.04. The second kappa shape index (κ2) is 4.05. The standard InChI is InChI=1S/C12H14Si/c1-4-9-7-8-12(13)11(6-3)10(9)5-2/h4-8H,1-3H2,13H3. The fourth-order valence-electron chi connectivity index (χ4n) is 1.44. The lowest BCUT2D eigenvalue weighted by molar-refractivity contribution is 1.62. The summed E-state index contributed by atoms with van der Waals surface area (Å²) in [7, 11) is 1.04. The van der Waals surface area contributed by atoms with Gasteiger partial charge in [-0.1, -0.05) is 55.3 Å². The van der Waals surface area contributed by atoms with Crippen molar-refractivity contribution in [3.05, 3.63) is 48.6 Å². The van der Waals surface area contributed by atoms with E-state index in [1.165, 1.54) is 10.8 Å². The molecular weight excluding hydrogens is 172 g/mol. The molecule has 0 amide bonds. The van der Waals surface area contributed by atoms with Crippen LogP contribution in [0.1, 0.15) is 16.7 Å². The van der Waals surface area contributed by atoms with Crippen molar-refractivity contribution < 1.29 is 0 Å². The molecule has 0 aromatic heterocycles. The zero-order valence-electron chi connectivity index (χ0n) is 8.01. The highest BCUT2D eigenvalue weighted by Gasteiger charge is 2.02. The summed E-state index contributed by atoms with van der Waals surface area (Å²) < 4.78 is 0. The van der Waals surface area contributed by atoms with Crippen molar-refractivity contribution in [2.45, 2.75) is 0 Å². The van der Waals surface area contributed by atoms with E-state index in [9.17, 15) is 0 Å². The zero-order valence-corrected chi connectivity index (χ0v) is 10.0. The van der Waals surface area contributed by atoms with E-state index < -0.39 is 0 Å². The van der Waals surface area contributed by atoms with E-state index in [2.05, 4.69) is 31.9 Å². The average Bonchev–Trinajstić information content (AvgIpc) is 2.17. The third-order valence-electron chi connectivity index (χ3n) is 2.17. The summed E-state index contributed by atoms with van der Waals surface area (Å²) in [5, 5.41) is 1.36. The molecule has 0 saturated heterocycles. The van der Waals surface area contributed by atoms with Crippen molar-refractivity contribution in [1.82, 2.24) is 0 Å². The summed E-state index contributed by atoms with van der Waals surface area (Å²) in [6, 6.07) is 4.21. The second-order valence-corrected chi connectivity index (χ2v) is 3.99. The molecule has 1 aromatic rings. The van der Waals surface area contributed by atoms with Gasteiger partial charge in [0.25, 0.3) is 0 Å². The molecule has 0 N–H and O–H groups in total. The largest absolute Gasteiger partial charge is 0.0985 e. The molecule has 0 aliphatic heterocycles. The third kappa shape index (κ3) is 1.70. The number of benzene rings is 1. The van der Waals surface area contributed by atoms with Crippen LogP contribution in [0.3, 0.4) is 0 Å². The Hall–Kier alpha value is -1.34. The summed E-state index contributed by atoms with van der Waals surface area (Å²) in [6.45, 7) is 11.4. The van der Waals surface area contributed by atoms with Gasteiger partial charge in [0, 0.05) is 10.2 Å². The SMILES string of the molecule is C=Cc1ccc([SiH3])c(C=C)c1C=C. The van der Waals surface area contributed by atoms with Crippen LogP contribution in [-0.4, -0.2) is 10.2 Å². The molecular formula is C12H14Si. The van der Waals surface area contributed by atoms with Crippen molar-refractivity contribution >= 4 is 33.7 Å². The molecule has 0 unspecified atom stereocenters. The van der Waals surface area contributed by atoms with Gasteiger partial charge in [0.1, 0.15) is 0 Å². The summed E-state index contributed by atoms with van der Waals surface area (Å²) in [4.78, 5) is 0. The predicted octanol–water partition coefficient (Wildman–Crippen LogP) is 1.61. The van der Waals surface area contributed by atoms with Gasteiger partial charge >= 0.3 is 0 Å². The Morgan fingerprint density at radius 2 is 1.54 bits per heavy atom. The lowest BCUT2D eigenvalue weighted by Gasteiger charge is -2.08. The van der Waals surface area contributed by atoms with Crippen molar-refractivity contribution in [3.63, 3.8) is 0 Å². The number of hydrogen-bond acceptors (Lipinski definition) is 0. The molecule has 0 heterocycles. The second-order valence-electron chi connectivity index (χ2n) is 2.91. The monoisotopic (exact) mass is 186 g/mol. The summed E-state index contributed by atoms with van der Waals surface area (Å²) in [5.74, 6) is 0. The molecule has 0 aliphatic rings. The van der Waals surface area contributed by atoms with Crippen LogP contribution in [0.25, 0.3) is 18.2 Å². The van der Waals surface area contributed by atoms with Crippen molar-refractivity contribution in [2.24, 2.45) is 0 Å². The van der Waals surface area contributed by atoms with Crippen LogP contribution in [0.5, 0.6) is 0 Å². The molecule has 0 saturated carbocycles. The van der Waals surface area contributed by atoms with E-state index in [1.807, 2.05) is 18.2 Å². The molecule has 13 heavy (non-hydrogen) atoms. The van der Waals surface area contributed by atoms with Gasteiger partial charge < -0.3 is 0 Å². The van der Waals surface area contributed by atoms with Crippen molar-refractivity contribution in [2.75, 3.05) is 0 Å². The molecule has 0 atom stereocenters. The summed E-state index contributed by atoms with van der Waals surface area (Å²) in [6.07, 6.45) is 5.62. The van der Waals surface area contributed by atoms with E-state index in [4.69, 9.17) is 0 Å². The molecule has 1 heteroatoms. The molecule has 1 rings (SSSR count). The first-order valence-corrected chi connectivity index (χ1v) is 5.25. The Morgan fingerprint density at radius 3 is 2.00 bits per heavy atom. The first-order valence-electron chi connectivity index (χ1n) is 4.25. The molecule has 0 aliphatic carbocycles. The molecule has 0 radical (unpaired) electrons. The van der Waals surface area contributed by atoms with Crippen LogP contribution >= 0.6 is 0 Å².